The standard InChI is InChI=1S/C24H28N2O3/c1-29-22-10-6-5-9-21(22)17-26-24(28)20-13-11-19(12-14-20)23(27)25-16-15-18-7-3-2-4-8-18/h5-7,9-14H,2-4,8,15-17H2,1H3,(H,25,27)(H,26,28). The molecule has 2 aromatic carbocycles. The SMILES string of the molecule is COc1ccccc1CNC(=O)c1ccc(C(=O)NCCC2=CCCCC2)cc1. The number of nitrogens with one attached hydrogen (secondary N) is 2. The lowest BCUT2D eigenvalue weighted by Gasteiger charge is -2.13. The van der Waals surface area contributed by atoms with Crippen molar-refractivity contribution in [1.82, 2.24) is 10.6 Å². The summed E-state index contributed by atoms with van der Waals surface area (Å²) in [6.07, 6.45) is 8.04. The summed E-state index contributed by atoms with van der Waals surface area (Å²) in [7, 11) is 1.61. The van der Waals surface area contributed by atoms with Crippen LogP contribution in [-0.4, -0.2) is 25.5 Å². The molecule has 0 fully saturated rings. The van der Waals surface area contributed by atoms with E-state index < -0.39 is 0 Å². The van der Waals surface area contributed by atoms with E-state index in [4.69, 9.17) is 4.74 Å². The van der Waals surface area contributed by atoms with Crippen molar-refractivity contribution in [3.63, 3.8) is 0 Å². The monoisotopic (exact) mass is 392 g/mol. The largest absolute Gasteiger partial charge is 0.496 e. The lowest BCUT2D eigenvalue weighted by atomic mass is 9.97. The van der Waals surface area contributed by atoms with Crippen LogP contribution in [-0.2, 0) is 6.54 Å². The number of carbonyl (C=O) groups is 2. The number of rotatable bonds is 8. The van der Waals surface area contributed by atoms with Crippen molar-refractivity contribution in [2.24, 2.45) is 0 Å². The average Bonchev–Trinajstić information content (AvgIpc) is 2.78. The predicted molar refractivity (Wildman–Crippen MR) is 114 cm³/mol. The van der Waals surface area contributed by atoms with Gasteiger partial charge in [0.2, 0.25) is 0 Å². The van der Waals surface area contributed by atoms with Gasteiger partial charge in [0.15, 0.2) is 0 Å². The van der Waals surface area contributed by atoms with Gasteiger partial charge < -0.3 is 15.4 Å². The molecule has 2 N–H and O–H groups in total. The Morgan fingerprint density at radius 3 is 2.28 bits per heavy atom. The van der Waals surface area contributed by atoms with Crippen LogP contribution < -0.4 is 15.4 Å². The molecule has 1 aliphatic rings. The summed E-state index contributed by atoms with van der Waals surface area (Å²) >= 11 is 0. The zero-order valence-corrected chi connectivity index (χ0v) is 16.9. The van der Waals surface area contributed by atoms with Crippen LogP contribution in [0.5, 0.6) is 5.75 Å². The molecule has 0 heterocycles. The van der Waals surface area contributed by atoms with Gasteiger partial charge in [-0.05, 0) is 62.4 Å². The number of hydrogen-bond acceptors (Lipinski definition) is 3. The lowest BCUT2D eigenvalue weighted by Crippen LogP contribution is -2.25. The van der Waals surface area contributed by atoms with Crippen LogP contribution in [0.15, 0.2) is 60.2 Å². The molecule has 5 heteroatoms. The second-order valence-corrected chi connectivity index (χ2v) is 7.19. The summed E-state index contributed by atoms with van der Waals surface area (Å²) in [6.45, 7) is 1.02. The van der Waals surface area contributed by atoms with Crippen molar-refractivity contribution in [2.45, 2.75) is 38.6 Å². The molecule has 0 aromatic heterocycles. The van der Waals surface area contributed by atoms with E-state index in [-0.39, 0.29) is 11.8 Å². The molecule has 0 bridgehead atoms. The van der Waals surface area contributed by atoms with E-state index in [0.717, 1.165) is 30.6 Å². The number of methoxy groups -OCH3 is 1. The highest BCUT2D eigenvalue weighted by molar-refractivity contribution is 5.97. The fraction of sp³-hybridized carbons (Fsp3) is 0.333. The van der Waals surface area contributed by atoms with Gasteiger partial charge in [0.25, 0.3) is 11.8 Å². The van der Waals surface area contributed by atoms with E-state index in [1.54, 1.807) is 31.4 Å². The highest BCUT2D eigenvalue weighted by atomic mass is 16.5. The maximum absolute atomic E-state index is 12.4. The van der Waals surface area contributed by atoms with Crippen molar-refractivity contribution in [3.05, 3.63) is 76.9 Å². The van der Waals surface area contributed by atoms with Gasteiger partial charge in [-0.25, -0.2) is 0 Å². The predicted octanol–water partition coefficient (Wildman–Crippen LogP) is 4.25. The number of hydrogen-bond donors (Lipinski definition) is 2. The van der Waals surface area contributed by atoms with Crippen molar-refractivity contribution in [2.75, 3.05) is 13.7 Å². The van der Waals surface area contributed by atoms with Gasteiger partial charge in [-0.1, -0.05) is 29.8 Å². The quantitative estimate of drug-likeness (QED) is 0.660. The molecule has 152 valence electrons. The van der Waals surface area contributed by atoms with Crippen molar-refractivity contribution < 1.29 is 14.3 Å². The number of allylic oxidation sites excluding steroid dienone is 1. The summed E-state index contributed by atoms with van der Waals surface area (Å²) in [5.74, 6) is 0.443. The Bertz CT molecular complexity index is 872. The maximum Gasteiger partial charge on any atom is 0.251 e. The minimum Gasteiger partial charge on any atom is -0.496 e. The van der Waals surface area contributed by atoms with Crippen molar-refractivity contribution >= 4 is 11.8 Å². The van der Waals surface area contributed by atoms with Gasteiger partial charge in [-0.3, -0.25) is 9.59 Å². The Balaban J connectivity index is 1.48. The summed E-state index contributed by atoms with van der Waals surface area (Å²) < 4.78 is 5.30. The first-order chi connectivity index (χ1) is 14.2. The Morgan fingerprint density at radius 1 is 0.931 bits per heavy atom. The van der Waals surface area contributed by atoms with Crippen LogP contribution in [0, 0.1) is 0 Å². The average molecular weight is 392 g/mol. The highest BCUT2D eigenvalue weighted by Gasteiger charge is 2.10. The maximum atomic E-state index is 12.4. The molecule has 29 heavy (non-hydrogen) atoms. The number of carbonyl (C=O) groups excluding carboxylic acids is 2. The number of benzene rings is 2. The number of ether oxygens (including phenoxy) is 1. The van der Waals surface area contributed by atoms with E-state index in [9.17, 15) is 9.59 Å². The first kappa shape index (κ1) is 20.6. The Kier molecular flexibility index (Phi) is 7.45. The molecule has 0 atom stereocenters. The molecule has 0 saturated carbocycles. The molecule has 0 saturated heterocycles. The van der Waals surface area contributed by atoms with Crippen molar-refractivity contribution in [3.8, 4) is 5.75 Å². The fourth-order valence-corrected chi connectivity index (χ4v) is 3.47. The molecule has 1 aliphatic carbocycles. The topological polar surface area (TPSA) is 67.4 Å². The van der Waals surface area contributed by atoms with Gasteiger partial charge in [0, 0.05) is 29.8 Å². The minimum atomic E-state index is -0.188. The lowest BCUT2D eigenvalue weighted by molar-refractivity contribution is 0.0940. The summed E-state index contributed by atoms with van der Waals surface area (Å²) in [4.78, 5) is 24.7. The Hall–Kier alpha value is -3.08. The molecule has 5 nitrogen and oxygen atoms in total. The van der Waals surface area contributed by atoms with Gasteiger partial charge in [-0.2, -0.15) is 0 Å². The summed E-state index contributed by atoms with van der Waals surface area (Å²) in [5.41, 5.74) is 3.43. The van der Waals surface area contributed by atoms with Crippen LogP contribution in [0.2, 0.25) is 0 Å². The molecule has 0 spiro atoms. The summed E-state index contributed by atoms with van der Waals surface area (Å²) in [6, 6.07) is 14.3. The highest BCUT2D eigenvalue weighted by Crippen LogP contribution is 2.19. The molecular formula is C24H28N2O3. The molecule has 2 amide bonds. The number of para-hydroxylation sites is 1. The Morgan fingerprint density at radius 2 is 1.62 bits per heavy atom. The number of amides is 2. The third-order valence-electron chi connectivity index (χ3n) is 5.16. The zero-order valence-electron chi connectivity index (χ0n) is 16.9. The van der Waals surface area contributed by atoms with E-state index in [0.29, 0.717) is 24.2 Å². The molecular weight excluding hydrogens is 364 g/mol. The third kappa shape index (κ3) is 5.95. The van der Waals surface area contributed by atoms with E-state index in [1.165, 1.54) is 18.4 Å². The molecule has 0 aliphatic heterocycles. The molecule has 0 unspecified atom stereocenters. The van der Waals surface area contributed by atoms with Crippen LogP contribution in [0.25, 0.3) is 0 Å². The second-order valence-electron chi connectivity index (χ2n) is 7.19. The first-order valence-electron chi connectivity index (χ1n) is 10.1. The van der Waals surface area contributed by atoms with E-state index >= 15 is 0 Å². The zero-order chi connectivity index (χ0) is 20.5. The summed E-state index contributed by atoms with van der Waals surface area (Å²) in [5, 5.41) is 5.84. The van der Waals surface area contributed by atoms with Gasteiger partial charge in [0.1, 0.15) is 5.75 Å². The van der Waals surface area contributed by atoms with Gasteiger partial charge in [-0.15, -0.1) is 0 Å². The third-order valence-corrected chi connectivity index (χ3v) is 5.16. The van der Waals surface area contributed by atoms with E-state index in [2.05, 4.69) is 16.7 Å². The molecule has 3 rings (SSSR count). The first-order valence-corrected chi connectivity index (χ1v) is 10.1. The van der Waals surface area contributed by atoms with Crippen LogP contribution in [0.3, 0.4) is 0 Å². The van der Waals surface area contributed by atoms with E-state index in [1.807, 2.05) is 24.3 Å². The van der Waals surface area contributed by atoms with Crippen molar-refractivity contribution in [1.29, 1.82) is 0 Å². The normalized spacial score (nSPS) is 13.3. The fourth-order valence-electron chi connectivity index (χ4n) is 3.47. The molecule has 2 aromatic rings. The Labute approximate surface area is 172 Å². The van der Waals surface area contributed by atoms with Crippen LogP contribution in [0.4, 0.5) is 0 Å². The molecule has 0 radical (unpaired) electrons. The van der Waals surface area contributed by atoms with Crippen LogP contribution >= 0.6 is 0 Å². The van der Waals surface area contributed by atoms with Gasteiger partial charge >= 0.3 is 0 Å². The minimum absolute atomic E-state index is 0.109. The smallest absolute Gasteiger partial charge is 0.251 e. The second kappa shape index (κ2) is 10.5. The van der Waals surface area contributed by atoms with Gasteiger partial charge in [0.05, 0.1) is 7.11 Å². The van der Waals surface area contributed by atoms with Crippen LogP contribution in [0.1, 0.15) is 58.4 Å².